The maximum Gasteiger partial charge on any atom is 0.353 e. The van der Waals surface area contributed by atoms with Gasteiger partial charge in [0.15, 0.2) is 6.67 Å². The van der Waals surface area contributed by atoms with E-state index in [9.17, 15) is 17.6 Å². The summed E-state index contributed by atoms with van der Waals surface area (Å²) in [5, 5.41) is 0. The first-order valence-electron chi connectivity index (χ1n) is 1.94. The van der Waals surface area contributed by atoms with E-state index in [2.05, 4.69) is 4.18 Å². The zero-order chi connectivity index (χ0) is 7.49. The minimum absolute atomic E-state index is 0.667. The Hall–Kier alpha value is -0.650. The second-order valence-corrected chi connectivity index (χ2v) is 2.87. The summed E-state index contributed by atoms with van der Waals surface area (Å²) < 4.78 is 34.7. The lowest BCUT2D eigenvalue weighted by atomic mass is 10.8. The molecule has 0 rings (SSSR count). The predicted octanol–water partition coefficient (Wildman–Crippen LogP) is -0.541. The molecule has 0 spiro atoms. The quantitative estimate of drug-likeness (QED) is 0.504. The van der Waals surface area contributed by atoms with Crippen LogP contribution in [-0.4, -0.2) is 27.3 Å². The third-order valence-electron chi connectivity index (χ3n) is 0.353. The lowest BCUT2D eigenvalue weighted by molar-refractivity contribution is -0.134. The van der Waals surface area contributed by atoms with Gasteiger partial charge in [0.25, 0.3) is 0 Å². The first-order chi connectivity index (χ1) is 3.95. The van der Waals surface area contributed by atoms with E-state index in [1.165, 1.54) is 0 Å². The Morgan fingerprint density at radius 3 is 2.22 bits per heavy atom. The number of halogens is 1. The smallest absolute Gasteiger partial charge is 0.343 e. The highest BCUT2D eigenvalue weighted by Crippen LogP contribution is 1.87. The van der Waals surface area contributed by atoms with Crippen LogP contribution >= 0.6 is 0 Å². The molecule has 6 heteroatoms. The van der Waals surface area contributed by atoms with Gasteiger partial charge in [-0.05, 0) is 0 Å². The van der Waals surface area contributed by atoms with E-state index in [0.717, 1.165) is 0 Å². The second kappa shape index (κ2) is 2.77. The molecule has 0 fully saturated rings. The van der Waals surface area contributed by atoms with Gasteiger partial charge >= 0.3 is 16.1 Å². The van der Waals surface area contributed by atoms with Gasteiger partial charge in [0.05, 0.1) is 6.26 Å². The monoisotopic (exact) mass is 156 g/mol. The summed E-state index contributed by atoms with van der Waals surface area (Å²) >= 11 is 0. The fraction of sp³-hybridized carbons (Fsp3) is 0.667. The molecule has 0 aliphatic carbocycles. The lowest BCUT2D eigenvalue weighted by Crippen LogP contribution is -2.12. The van der Waals surface area contributed by atoms with Crippen LogP contribution < -0.4 is 0 Å². The predicted molar refractivity (Wildman–Crippen MR) is 26.9 cm³/mol. The van der Waals surface area contributed by atoms with Crippen LogP contribution in [0.25, 0.3) is 0 Å². The summed E-state index contributed by atoms with van der Waals surface area (Å²) in [7, 11) is -3.82. The minimum Gasteiger partial charge on any atom is -0.343 e. The molecule has 0 atom stereocenters. The fourth-order valence-corrected chi connectivity index (χ4v) is 0.573. The van der Waals surface area contributed by atoms with E-state index < -0.39 is 22.8 Å². The number of carbonyl (C=O) groups is 1. The zero-order valence-electron chi connectivity index (χ0n) is 4.63. The van der Waals surface area contributed by atoms with Gasteiger partial charge in [-0.25, -0.2) is 9.18 Å². The normalized spacial score (nSPS) is 10.9. The van der Waals surface area contributed by atoms with E-state index in [1.807, 2.05) is 0 Å². The van der Waals surface area contributed by atoms with Gasteiger partial charge in [-0.2, -0.15) is 8.42 Å². The Morgan fingerprint density at radius 2 is 2.11 bits per heavy atom. The number of hydrogen-bond acceptors (Lipinski definition) is 4. The molecular weight excluding hydrogens is 151 g/mol. The maximum atomic E-state index is 11.2. The van der Waals surface area contributed by atoms with Crippen LogP contribution in [0.1, 0.15) is 0 Å². The Morgan fingerprint density at radius 1 is 1.67 bits per heavy atom. The van der Waals surface area contributed by atoms with Crippen LogP contribution in [0.3, 0.4) is 0 Å². The Balaban J connectivity index is 3.91. The van der Waals surface area contributed by atoms with Gasteiger partial charge in [0.2, 0.25) is 0 Å². The molecule has 0 aromatic rings. The highest BCUT2D eigenvalue weighted by molar-refractivity contribution is 7.86. The van der Waals surface area contributed by atoms with Crippen molar-refractivity contribution in [3.63, 3.8) is 0 Å². The molecule has 0 aliphatic rings. The van der Waals surface area contributed by atoms with Crippen molar-refractivity contribution in [1.82, 2.24) is 0 Å². The Bertz CT molecular complexity index is 194. The summed E-state index contributed by atoms with van der Waals surface area (Å²) in [6, 6.07) is 0. The highest BCUT2D eigenvalue weighted by atomic mass is 32.2. The number of carbonyl (C=O) groups excluding carboxylic acids is 1. The van der Waals surface area contributed by atoms with Crippen molar-refractivity contribution in [2.45, 2.75) is 0 Å². The molecule has 0 unspecified atom stereocenters. The summed E-state index contributed by atoms with van der Waals surface area (Å²) in [5.74, 6) is -1.39. The van der Waals surface area contributed by atoms with E-state index >= 15 is 0 Å². The zero-order valence-corrected chi connectivity index (χ0v) is 5.44. The van der Waals surface area contributed by atoms with Gasteiger partial charge in [-0.3, -0.25) is 0 Å². The first-order valence-corrected chi connectivity index (χ1v) is 3.75. The Labute approximate surface area is 51.7 Å². The molecular formula is C3H5FO4S. The van der Waals surface area contributed by atoms with E-state index in [1.54, 1.807) is 0 Å². The van der Waals surface area contributed by atoms with Gasteiger partial charge < -0.3 is 4.18 Å². The second-order valence-electron chi connectivity index (χ2n) is 1.29. The fourth-order valence-electron chi connectivity index (χ4n) is 0.191. The topological polar surface area (TPSA) is 60.4 Å². The standard InChI is InChI=1S/C3H5FO4S/c1-9(6,7)8-3(5)2-4/h2H2,1H3. The third kappa shape index (κ3) is 5.22. The molecule has 0 amide bonds. The molecule has 0 heterocycles. The van der Waals surface area contributed by atoms with Crippen molar-refractivity contribution in [3.8, 4) is 0 Å². The summed E-state index contributed by atoms with van der Waals surface area (Å²) in [6.45, 7) is -1.42. The average Bonchev–Trinajstić information content (AvgIpc) is 1.62. The van der Waals surface area contributed by atoms with Gasteiger partial charge in [-0.1, -0.05) is 0 Å². The first kappa shape index (κ1) is 8.35. The highest BCUT2D eigenvalue weighted by Gasteiger charge is 2.08. The van der Waals surface area contributed by atoms with Gasteiger partial charge in [0, 0.05) is 0 Å². The van der Waals surface area contributed by atoms with Crippen LogP contribution in [0.2, 0.25) is 0 Å². The molecule has 9 heavy (non-hydrogen) atoms. The van der Waals surface area contributed by atoms with E-state index in [4.69, 9.17) is 0 Å². The van der Waals surface area contributed by atoms with Crippen molar-refractivity contribution in [2.75, 3.05) is 12.9 Å². The average molecular weight is 156 g/mol. The van der Waals surface area contributed by atoms with Crippen molar-refractivity contribution in [1.29, 1.82) is 0 Å². The number of hydrogen-bond donors (Lipinski definition) is 0. The molecule has 0 radical (unpaired) electrons. The van der Waals surface area contributed by atoms with Crippen LogP contribution in [-0.2, 0) is 19.1 Å². The van der Waals surface area contributed by atoms with Crippen molar-refractivity contribution < 1.29 is 21.8 Å². The summed E-state index contributed by atoms with van der Waals surface area (Å²) in [5.41, 5.74) is 0. The molecule has 0 saturated heterocycles. The van der Waals surface area contributed by atoms with E-state index in [0.29, 0.717) is 6.26 Å². The maximum absolute atomic E-state index is 11.2. The Kier molecular flexibility index (Phi) is 2.57. The molecule has 4 nitrogen and oxygen atoms in total. The van der Waals surface area contributed by atoms with Crippen LogP contribution in [0, 0.1) is 0 Å². The summed E-state index contributed by atoms with van der Waals surface area (Å²) in [4.78, 5) is 9.85. The molecule has 0 N–H and O–H groups in total. The van der Waals surface area contributed by atoms with Gasteiger partial charge in [0.1, 0.15) is 0 Å². The molecule has 0 aromatic carbocycles. The molecule has 0 aliphatic heterocycles. The summed E-state index contributed by atoms with van der Waals surface area (Å²) in [6.07, 6.45) is 0.667. The molecule has 0 aromatic heterocycles. The van der Waals surface area contributed by atoms with Crippen molar-refractivity contribution in [3.05, 3.63) is 0 Å². The number of alkyl halides is 1. The van der Waals surface area contributed by atoms with Crippen molar-refractivity contribution in [2.24, 2.45) is 0 Å². The molecule has 0 bridgehead atoms. The minimum atomic E-state index is -3.82. The van der Waals surface area contributed by atoms with E-state index in [-0.39, 0.29) is 0 Å². The van der Waals surface area contributed by atoms with Crippen LogP contribution in [0.15, 0.2) is 0 Å². The third-order valence-corrected chi connectivity index (χ3v) is 0.842. The lowest BCUT2D eigenvalue weighted by Gasteiger charge is -1.94. The molecule has 0 saturated carbocycles. The van der Waals surface area contributed by atoms with Gasteiger partial charge in [-0.15, -0.1) is 0 Å². The largest absolute Gasteiger partial charge is 0.353 e. The SMILES string of the molecule is CS(=O)(=O)OC(=O)CF. The van der Waals surface area contributed by atoms with Crippen LogP contribution in [0.5, 0.6) is 0 Å². The molecule has 54 valence electrons. The van der Waals surface area contributed by atoms with Crippen LogP contribution in [0.4, 0.5) is 4.39 Å². The van der Waals surface area contributed by atoms with Crippen molar-refractivity contribution >= 4 is 16.1 Å². The number of rotatable bonds is 2.